The highest BCUT2D eigenvalue weighted by Gasteiger charge is 2.14. The van der Waals surface area contributed by atoms with Crippen molar-refractivity contribution in [1.82, 2.24) is 0 Å². The maximum atomic E-state index is 13.5. The van der Waals surface area contributed by atoms with Crippen LogP contribution in [-0.4, -0.2) is 12.9 Å². The largest absolute Gasteiger partial charge is 0.496 e. The molecule has 0 fully saturated rings. The number of methoxy groups -OCH3 is 1. The van der Waals surface area contributed by atoms with Crippen molar-refractivity contribution in [2.75, 3.05) is 7.11 Å². The van der Waals surface area contributed by atoms with Crippen molar-refractivity contribution >= 4 is 21.7 Å². The molecule has 0 aliphatic rings. The van der Waals surface area contributed by atoms with Crippen LogP contribution in [0, 0.1) is 11.6 Å². The molecule has 2 aromatic rings. The van der Waals surface area contributed by atoms with E-state index in [1.807, 2.05) is 0 Å². The fraction of sp³-hybridized carbons (Fsp3) is 0.188. The fourth-order valence-electron chi connectivity index (χ4n) is 2.01. The molecule has 0 N–H and O–H groups in total. The Bertz CT molecular complexity index is 651. The maximum absolute atomic E-state index is 13.5. The molecular formula is C16H13BrF2O2. The number of ketones is 1. The maximum Gasteiger partial charge on any atom is 0.141 e. The summed E-state index contributed by atoms with van der Waals surface area (Å²) >= 11 is 3.33. The summed E-state index contributed by atoms with van der Waals surface area (Å²) in [6, 6.07) is 8.81. The number of halogens is 3. The Kier molecular flexibility index (Phi) is 5.07. The van der Waals surface area contributed by atoms with E-state index in [0.29, 0.717) is 5.75 Å². The van der Waals surface area contributed by atoms with E-state index >= 15 is 0 Å². The minimum absolute atomic E-state index is 0.108. The lowest BCUT2D eigenvalue weighted by Crippen LogP contribution is -2.09. The summed E-state index contributed by atoms with van der Waals surface area (Å²) in [5.41, 5.74) is 0.569. The van der Waals surface area contributed by atoms with Crippen molar-refractivity contribution in [2.45, 2.75) is 12.8 Å². The molecule has 0 amide bonds. The molecule has 2 nitrogen and oxygen atoms in total. The average Bonchev–Trinajstić information content (AvgIpc) is 2.43. The van der Waals surface area contributed by atoms with Gasteiger partial charge in [-0.3, -0.25) is 4.79 Å². The van der Waals surface area contributed by atoms with Gasteiger partial charge < -0.3 is 4.74 Å². The van der Waals surface area contributed by atoms with Crippen LogP contribution in [0.3, 0.4) is 0 Å². The van der Waals surface area contributed by atoms with Crippen LogP contribution in [0.25, 0.3) is 0 Å². The summed E-state index contributed by atoms with van der Waals surface area (Å²) in [6.07, 6.45) is -0.154. The predicted octanol–water partition coefficient (Wildman–Crippen LogP) is 4.09. The SMILES string of the molecule is COc1ccc(CC(=O)Cc2c(F)cccc2F)cc1Br. The number of benzene rings is 2. The molecule has 0 atom stereocenters. The van der Waals surface area contributed by atoms with Gasteiger partial charge in [0.05, 0.1) is 11.6 Å². The Morgan fingerprint density at radius 3 is 2.38 bits per heavy atom. The zero-order chi connectivity index (χ0) is 15.4. The molecule has 0 unspecified atom stereocenters. The number of carbonyl (C=O) groups is 1. The summed E-state index contributed by atoms with van der Waals surface area (Å²) in [7, 11) is 1.55. The highest BCUT2D eigenvalue weighted by molar-refractivity contribution is 9.10. The van der Waals surface area contributed by atoms with Crippen molar-refractivity contribution in [3.63, 3.8) is 0 Å². The van der Waals surface area contributed by atoms with Crippen molar-refractivity contribution in [3.8, 4) is 5.75 Å². The lowest BCUT2D eigenvalue weighted by Gasteiger charge is -2.07. The zero-order valence-corrected chi connectivity index (χ0v) is 12.9. The predicted molar refractivity (Wildman–Crippen MR) is 79.5 cm³/mol. The van der Waals surface area contributed by atoms with Crippen LogP contribution in [0.4, 0.5) is 8.78 Å². The molecule has 110 valence electrons. The molecule has 0 aliphatic carbocycles. The first-order chi connectivity index (χ1) is 10.0. The van der Waals surface area contributed by atoms with E-state index in [4.69, 9.17) is 4.74 Å². The molecule has 0 radical (unpaired) electrons. The van der Waals surface area contributed by atoms with Gasteiger partial charge >= 0.3 is 0 Å². The second kappa shape index (κ2) is 6.80. The molecular weight excluding hydrogens is 342 g/mol. The van der Waals surface area contributed by atoms with Crippen LogP contribution in [0.2, 0.25) is 0 Å². The van der Waals surface area contributed by atoms with Gasteiger partial charge in [0.1, 0.15) is 23.2 Å². The summed E-state index contributed by atoms with van der Waals surface area (Å²) in [5, 5.41) is 0. The van der Waals surface area contributed by atoms with E-state index in [0.717, 1.165) is 22.2 Å². The third-order valence-corrected chi connectivity index (χ3v) is 3.67. The first-order valence-electron chi connectivity index (χ1n) is 6.28. The quantitative estimate of drug-likeness (QED) is 0.808. The first-order valence-corrected chi connectivity index (χ1v) is 7.07. The Balaban J connectivity index is 2.10. The van der Waals surface area contributed by atoms with Gasteiger partial charge in [-0.2, -0.15) is 0 Å². The number of hydrogen-bond donors (Lipinski definition) is 0. The smallest absolute Gasteiger partial charge is 0.141 e. The fourth-order valence-corrected chi connectivity index (χ4v) is 2.60. The van der Waals surface area contributed by atoms with E-state index in [-0.39, 0.29) is 24.2 Å². The van der Waals surface area contributed by atoms with Crippen LogP contribution in [0.15, 0.2) is 40.9 Å². The van der Waals surface area contributed by atoms with Crippen molar-refractivity contribution in [1.29, 1.82) is 0 Å². The standard InChI is InChI=1S/C16H13BrF2O2/c1-21-16-6-5-10(8-13(16)17)7-11(20)9-12-14(18)3-2-4-15(12)19/h2-6,8H,7,9H2,1H3. The van der Waals surface area contributed by atoms with Gasteiger partial charge in [-0.15, -0.1) is 0 Å². The van der Waals surface area contributed by atoms with Gasteiger partial charge in [-0.1, -0.05) is 12.1 Å². The van der Waals surface area contributed by atoms with Gasteiger partial charge in [-0.25, -0.2) is 8.78 Å². The van der Waals surface area contributed by atoms with E-state index in [2.05, 4.69) is 15.9 Å². The van der Waals surface area contributed by atoms with Gasteiger partial charge in [0, 0.05) is 18.4 Å². The lowest BCUT2D eigenvalue weighted by molar-refractivity contribution is -0.117. The summed E-state index contributed by atoms with van der Waals surface area (Å²) in [6.45, 7) is 0. The van der Waals surface area contributed by atoms with Crippen LogP contribution in [0.5, 0.6) is 5.75 Å². The Morgan fingerprint density at radius 1 is 1.14 bits per heavy atom. The normalized spacial score (nSPS) is 10.5. The number of carbonyl (C=O) groups excluding carboxylic acids is 1. The minimum atomic E-state index is -0.695. The van der Waals surface area contributed by atoms with E-state index < -0.39 is 11.6 Å². The van der Waals surface area contributed by atoms with Crippen LogP contribution in [0.1, 0.15) is 11.1 Å². The highest BCUT2D eigenvalue weighted by Crippen LogP contribution is 2.26. The molecule has 2 rings (SSSR count). The molecule has 0 saturated heterocycles. The Labute approximate surface area is 129 Å². The monoisotopic (exact) mass is 354 g/mol. The van der Waals surface area contributed by atoms with Crippen LogP contribution >= 0.6 is 15.9 Å². The highest BCUT2D eigenvalue weighted by atomic mass is 79.9. The van der Waals surface area contributed by atoms with Crippen LogP contribution < -0.4 is 4.74 Å². The minimum Gasteiger partial charge on any atom is -0.496 e. The van der Waals surface area contributed by atoms with Gasteiger partial charge in [0.2, 0.25) is 0 Å². The molecule has 0 aliphatic heterocycles. The molecule has 21 heavy (non-hydrogen) atoms. The third kappa shape index (κ3) is 3.88. The molecule has 0 spiro atoms. The van der Waals surface area contributed by atoms with Gasteiger partial charge in [0.15, 0.2) is 0 Å². The second-order valence-corrected chi connectivity index (χ2v) is 5.42. The first kappa shape index (κ1) is 15.6. The number of ether oxygens (including phenoxy) is 1. The van der Waals surface area contributed by atoms with E-state index in [1.165, 1.54) is 6.07 Å². The Morgan fingerprint density at radius 2 is 1.81 bits per heavy atom. The zero-order valence-electron chi connectivity index (χ0n) is 11.3. The third-order valence-electron chi connectivity index (χ3n) is 3.05. The van der Waals surface area contributed by atoms with Crippen molar-refractivity contribution in [3.05, 3.63) is 63.6 Å². The van der Waals surface area contributed by atoms with Crippen molar-refractivity contribution < 1.29 is 18.3 Å². The molecule has 0 heterocycles. The van der Waals surface area contributed by atoms with Gasteiger partial charge in [-0.05, 0) is 45.8 Å². The molecule has 0 aromatic heterocycles. The Hall–Kier alpha value is -1.75. The summed E-state index contributed by atoms with van der Waals surface area (Å²) in [4.78, 5) is 12.0. The molecule has 0 bridgehead atoms. The summed E-state index contributed by atoms with van der Waals surface area (Å²) in [5.74, 6) is -0.985. The van der Waals surface area contributed by atoms with E-state index in [1.54, 1.807) is 25.3 Å². The number of Topliss-reactive ketones (excluding diaryl/α,β-unsaturated/α-hetero) is 1. The molecule has 0 saturated carbocycles. The number of hydrogen-bond acceptors (Lipinski definition) is 2. The van der Waals surface area contributed by atoms with E-state index in [9.17, 15) is 13.6 Å². The topological polar surface area (TPSA) is 26.3 Å². The van der Waals surface area contributed by atoms with Crippen molar-refractivity contribution in [2.24, 2.45) is 0 Å². The van der Waals surface area contributed by atoms with Crippen LogP contribution in [-0.2, 0) is 17.6 Å². The lowest BCUT2D eigenvalue weighted by atomic mass is 10.0. The molecule has 2 aromatic carbocycles. The summed E-state index contributed by atoms with van der Waals surface area (Å²) < 4.78 is 32.8. The second-order valence-electron chi connectivity index (χ2n) is 4.56. The molecule has 5 heteroatoms. The van der Waals surface area contributed by atoms with Gasteiger partial charge in [0.25, 0.3) is 0 Å². The number of rotatable bonds is 5. The average molecular weight is 355 g/mol.